The Labute approximate surface area is 468 Å². The van der Waals surface area contributed by atoms with Crippen LogP contribution in [0.3, 0.4) is 0 Å². The monoisotopic (exact) mass is 1180 g/mol. The molecule has 1 aromatic heterocycles. The van der Waals surface area contributed by atoms with Gasteiger partial charge in [-0.15, -0.1) is 0 Å². The second-order valence-corrected chi connectivity index (χ2v) is 23.0. The molecule has 4 aromatic carbocycles. The molecule has 0 atom stereocenters. The molecular weight excluding hydrogens is 1120 g/mol. The van der Waals surface area contributed by atoms with E-state index in [1.54, 1.807) is 63.4 Å². The third-order valence-electron chi connectivity index (χ3n) is 12.5. The summed E-state index contributed by atoms with van der Waals surface area (Å²) in [7, 11) is -0.756. The Hall–Kier alpha value is -7.42. The predicted molar refractivity (Wildman–Crippen MR) is 292 cm³/mol. The SMILES string of the molecule is CN(C)CCCNc1ccc(S(=O)(=O)NC(=O)c2ccc(N3CCN(CC4=C(c5ccc(Cl)cc5)CC(C)(C)CC4)CC3)cc2Oc2ccc3c(ccn3C(=O)OC(C)(C)C)c2)cc1[N+](=O)[O-].O=C(O)C(F)(F)F.O=C(O)C(F)(F)F. The van der Waals surface area contributed by atoms with E-state index < -0.39 is 67.4 Å². The number of carbonyl (C=O) groups is 4. The van der Waals surface area contributed by atoms with Gasteiger partial charge in [0.25, 0.3) is 21.6 Å². The van der Waals surface area contributed by atoms with Crippen molar-refractivity contribution in [2.75, 3.05) is 70.1 Å². The number of nitrogens with one attached hydrogen (secondary N) is 2. The lowest BCUT2D eigenvalue weighted by Gasteiger charge is -2.39. The van der Waals surface area contributed by atoms with Crippen LogP contribution in [0.15, 0.2) is 102 Å². The van der Waals surface area contributed by atoms with Crippen molar-refractivity contribution < 1.29 is 78.5 Å². The van der Waals surface area contributed by atoms with E-state index in [2.05, 4.69) is 45.8 Å². The number of ether oxygens (including phenoxy) is 2. The molecule has 27 heteroatoms. The van der Waals surface area contributed by atoms with Crippen LogP contribution in [0.4, 0.5) is 48.2 Å². The Balaban J connectivity index is 0.000000762. The van der Waals surface area contributed by atoms with Crippen LogP contribution in [0.25, 0.3) is 16.5 Å². The maximum atomic E-state index is 14.1. The first-order valence-electron chi connectivity index (χ1n) is 25.0. The first-order valence-corrected chi connectivity index (χ1v) is 26.8. The predicted octanol–water partition coefficient (Wildman–Crippen LogP) is 11.3. The third kappa shape index (κ3) is 18.8. The molecule has 0 radical (unpaired) electrons. The summed E-state index contributed by atoms with van der Waals surface area (Å²) in [5.74, 6) is -6.08. The average molecular weight is 1180 g/mol. The van der Waals surface area contributed by atoms with Gasteiger partial charge in [-0.05, 0) is 144 Å². The Morgan fingerprint density at radius 2 is 1.47 bits per heavy atom. The zero-order chi connectivity index (χ0) is 60.4. The number of nitro benzene ring substituents is 1. The maximum Gasteiger partial charge on any atom is 0.490 e. The summed E-state index contributed by atoms with van der Waals surface area (Å²) in [5, 5.41) is 30.7. The van der Waals surface area contributed by atoms with Crippen molar-refractivity contribution in [2.45, 2.75) is 83.2 Å². The Morgan fingerprint density at radius 1 is 0.852 bits per heavy atom. The fraction of sp³-hybridized carbons (Fsp3) is 0.407. The van der Waals surface area contributed by atoms with Crippen molar-refractivity contribution >= 4 is 79.1 Å². The molecule has 0 unspecified atom stereocenters. The Bertz CT molecular complexity index is 3220. The minimum atomic E-state index is -5.08. The molecular formula is C54H62ClF6N7O12S. The number of aliphatic carboxylic acids is 2. The minimum absolute atomic E-state index is 0.0760. The van der Waals surface area contributed by atoms with E-state index in [0.717, 1.165) is 62.2 Å². The molecule has 2 aliphatic rings. The smallest absolute Gasteiger partial charge is 0.475 e. The number of sulfonamides is 1. The summed E-state index contributed by atoms with van der Waals surface area (Å²) in [6.45, 7) is 15.0. The summed E-state index contributed by atoms with van der Waals surface area (Å²) in [4.78, 5) is 62.4. The molecule has 5 aromatic rings. The van der Waals surface area contributed by atoms with Gasteiger partial charge < -0.3 is 34.8 Å². The number of piperazine rings is 1. The van der Waals surface area contributed by atoms with Gasteiger partial charge in [0, 0.05) is 73.7 Å². The van der Waals surface area contributed by atoms with Crippen molar-refractivity contribution in [3.8, 4) is 11.5 Å². The topological polar surface area (TPSA) is 243 Å². The fourth-order valence-corrected chi connectivity index (χ4v) is 9.60. The summed E-state index contributed by atoms with van der Waals surface area (Å²) in [6.07, 6.45) is -5.25. The number of carbonyl (C=O) groups excluding carboxylic acids is 2. The molecule has 440 valence electrons. The van der Waals surface area contributed by atoms with Crippen LogP contribution in [0.5, 0.6) is 11.5 Å². The van der Waals surface area contributed by atoms with Gasteiger partial charge in [0.05, 0.1) is 20.9 Å². The van der Waals surface area contributed by atoms with E-state index >= 15 is 0 Å². The zero-order valence-electron chi connectivity index (χ0n) is 45.2. The molecule has 1 fully saturated rings. The average Bonchev–Trinajstić information content (AvgIpc) is 3.79. The molecule has 2 heterocycles. The van der Waals surface area contributed by atoms with Crippen molar-refractivity contribution in [2.24, 2.45) is 5.41 Å². The molecule has 1 aliphatic heterocycles. The second-order valence-electron chi connectivity index (χ2n) is 20.9. The molecule has 0 spiro atoms. The van der Waals surface area contributed by atoms with Crippen LogP contribution < -0.4 is 19.7 Å². The number of halogens is 7. The first kappa shape index (κ1) is 64.4. The number of nitro groups is 1. The van der Waals surface area contributed by atoms with Gasteiger partial charge in [-0.3, -0.25) is 24.4 Å². The molecule has 81 heavy (non-hydrogen) atoms. The van der Waals surface area contributed by atoms with Gasteiger partial charge in [-0.1, -0.05) is 43.2 Å². The third-order valence-corrected chi connectivity index (χ3v) is 14.1. The van der Waals surface area contributed by atoms with Crippen molar-refractivity contribution in [1.29, 1.82) is 0 Å². The molecule has 0 saturated carbocycles. The highest BCUT2D eigenvalue weighted by Gasteiger charge is 2.39. The minimum Gasteiger partial charge on any atom is -0.475 e. The van der Waals surface area contributed by atoms with Crippen LogP contribution in [-0.2, 0) is 24.3 Å². The van der Waals surface area contributed by atoms with Gasteiger partial charge in [0.1, 0.15) is 22.8 Å². The largest absolute Gasteiger partial charge is 0.490 e. The van der Waals surface area contributed by atoms with E-state index in [1.165, 1.54) is 39.5 Å². The number of fused-ring (bicyclic) bond motifs is 1. The zero-order valence-corrected chi connectivity index (χ0v) is 46.8. The fourth-order valence-electron chi connectivity index (χ4n) is 8.49. The van der Waals surface area contributed by atoms with Gasteiger partial charge >= 0.3 is 30.4 Å². The Kier molecular flexibility index (Phi) is 21.0. The highest BCUT2D eigenvalue weighted by Crippen LogP contribution is 2.44. The number of alkyl halides is 6. The van der Waals surface area contributed by atoms with E-state index in [9.17, 15) is 54.5 Å². The lowest BCUT2D eigenvalue weighted by molar-refractivity contribution is -0.384. The van der Waals surface area contributed by atoms with Crippen LogP contribution in [0.2, 0.25) is 5.02 Å². The number of aromatic nitrogens is 1. The number of anilines is 2. The molecule has 4 N–H and O–H groups in total. The van der Waals surface area contributed by atoms with Crippen molar-refractivity contribution in [3.05, 3.63) is 123 Å². The first-order chi connectivity index (χ1) is 37.5. The van der Waals surface area contributed by atoms with Gasteiger partial charge in [-0.25, -0.2) is 27.5 Å². The van der Waals surface area contributed by atoms with Crippen LogP contribution in [0, 0.1) is 15.5 Å². The molecule has 1 saturated heterocycles. The summed E-state index contributed by atoms with van der Waals surface area (Å²) < 4.78 is 106. The number of carboxylic acid groups (broad SMARTS) is 2. The second kappa shape index (κ2) is 26.4. The summed E-state index contributed by atoms with van der Waals surface area (Å²) in [5.41, 5.74) is 4.57. The summed E-state index contributed by atoms with van der Waals surface area (Å²) in [6, 6.07) is 23.5. The molecule has 1 aliphatic carbocycles. The lowest BCUT2D eigenvalue weighted by Crippen LogP contribution is -2.47. The van der Waals surface area contributed by atoms with E-state index in [1.807, 2.05) is 31.1 Å². The van der Waals surface area contributed by atoms with Gasteiger partial charge in [0.2, 0.25) is 0 Å². The number of carboxylic acids is 2. The van der Waals surface area contributed by atoms with Gasteiger partial charge in [-0.2, -0.15) is 26.3 Å². The summed E-state index contributed by atoms with van der Waals surface area (Å²) >= 11 is 6.25. The quantitative estimate of drug-likeness (QED) is 0.0330. The highest BCUT2D eigenvalue weighted by atomic mass is 35.5. The van der Waals surface area contributed by atoms with Crippen LogP contribution >= 0.6 is 11.6 Å². The molecule has 0 bridgehead atoms. The van der Waals surface area contributed by atoms with Gasteiger partial charge in [0.15, 0.2) is 0 Å². The van der Waals surface area contributed by atoms with Crippen LogP contribution in [-0.4, -0.2) is 140 Å². The molecule has 1 amide bonds. The van der Waals surface area contributed by atoms with Crippen LogP contribution in [0.1, 0.15) is 76.2 Å². The number of allylic oxidation sites excluding steroid dienone is 1. The Morgan fingerprint density at radius 3 is 2.04 bits per heavy atom. The number of rotatable bonds is 15. The highest BCUT2D eigenvalue weighted by molar-refractivity contribution is 7.90. The van der Waals surface area contributed by atoms with E-state index in [-0.39, 0.29) is 22.4 Å². The molecule has 7 rings (SSSR count). The number of benzene rings is 4. The standard InChI is InChI=1S/C50H60ClN7O8S.2C2HF3O2/c1-49(2,3)66-48(60)57-24-20-35-29-39(14-18-44(35)57)65-46-30-38(56-27-25-55(26-28-56)33-36-19-21-50(4,5)32-42(36)34-9-11-37(51)12-10-34)13-16-41(46)47(59)53-67(63,64)40-15-17-43(45(31-40)58(61)62)52-22-8-23-54(6)7;2*3-2(4,5)1(6)7/h9-18,20,24,29-31,52H,8,19,21-23,25-28,32-33H2,1-7H3,(H,53,59);2*(H,6,7). The lowest BCUT2D eigenvalue weighted by atomic mass is 9.72. The van der Waals surface area contributed by atoms with E-state index in [4.69, 9.17) is 40.9 Å². The van der Waals surface area contributed by atoms with Crippen molar-refractivity contribution in [1.82, 2.24) is 19.1 Å². The number of amides is 1. The van der Waals surface area contributed by atoms with E-state index in [0.29, 0.717) is 42.7 Å². The normalized spacial score (nSPS) is 15.0. The number of hydrogen-bond acceptors (Lipinski definition) is 14. The molecule has 19 nitrogen and oxygen atoms in total. The number of nitrogens with zero attached hydrogens (tertiary/aromatic N) is 5. The number of hydrogen-bond donors (Lipinski definition) is 4. The maximum absolute atomic E-state index is 14.1. The van der Waals surface area contributed by atoms with Crippen molar-refractivity contribution in [3.63, 3.8) is 0 Å².